The van der Waals surface area contributed by atoms with E-state index in [-0.39, 0.29) is 0 Å². The van der Waals surface area contributed by atoms with Crippen molar-refractivity contribution in [1.82, 2.24) is 10.2 Å². The van der Waals surface area contributed by atoms with Crippen molar-refractivity contribution in [2.45, 2.75) is 51.5 Å². The van der Waals surface area contributed by atoms with Gasteiger partial charge in [-0.15, -0.1) is 0 Å². The van der Waals surface area contributed by atoms with Crippen LogP contribution in [-0.4, -0.2) is 37.1 Å². The van der Waals surface area contributed by atoms with E-state index in [9.17, 15) is 0 Å². The average Bonchev–Trinajstić information content (AvgIpc) is 2.41. The molecule has 98 valence electrons. The highest BCUT2D eigenvalue weighted by Gasteiger charge is 2.24. The number of allylic oxidation sites excluding steroid dienone is 1. The zero-order valence-electron chi connectivity index (χ0n) is 11.3. The van der Waals surface area contributed by atoms with Crippen LogP contribution in [0.5, 0.6) is 0 Å². The number of likely N-dealkylation sites (tertiary alicyclic amines) is 1. The molecular weight excluding hydrogens is 208 g/mol. The fourth-order valence-electron chi connectivity index (χ4n) is 3.15. The molecule has 1 aliphatic carbocycles. The molecule has 0 aromatic carbocycles. The third-order valence-electron chi connectivity index (χ3n) is 4.11. The van der Waals surface area contributed by atoms with Crippen LogP contribution in [0.2, 0.25) is 0 Å². The van der Waals surface area contributed by atoms with Crippen molar-refractivity contribution in [3.63, 3.8) is 0 Å². The van der Waals surface area contributed by atoms with E-state index in [0.29, 0.717) is 0 Å². The summed E-state index contributed by atoms with van der Waals surface area (Å²) >= 11 is 0. The minimum absolute atomic E-state index is 0.748. The summed E-state index contributed by atoms with van der Waals surface area (Å²) in [5.41, 5.74) is 0. The summed E-state index contributed by atoms with van der Waals surface area (Å²) in [6.07, 6.45) is 13.0. The number of piperidine rings is 1. The highest BCUT2D eigenvalue weighted by Crippen LogP contribution is 2.23. The van der Waals surface area contributed by atoms with Crippen LogP contribution in [-0.2, 0) is 0 Å². The van der Waals surface area contributed by atoms with E-state index in [4.69, 9.17) is 0 Å². The van der Waals surface area contributed by atoms with Gasteiger partial charge >= 0.3 is 0 Å². The minimum atomic E-state index is 0.748. The Morgan fingerprint density at radius 3 is 3.00 bits per heavy atom. The van der Waals surface area contributed by atoms with E-state index in [1.54, 1.807) is 0 Å². The van der Waals surface area contributed by atoms with Crippen molar-refractivity contribution in [2.75, 3.05) is 26.2 Å². The van der Waals surface area contributed by atoms with Gasteiger partial charge in [0.2, 0.25) is 0 Å². The molecule has 2 nitrogen and oxygen atoms in total. The molecule has 0 aromatic heterocycles. The molecule has 0 bridgehead atoms. The molecule has 0 aromatic rings. The standard InChI is InChI=1S/C15H28N2/c1-2-10-16-12-14-7-6-11-17(13-14)15-8-4-3-5-9-15/h4,8,14-16H,2-3,5-7,9-13H2,1H3. The van der Waals surface area contributed by atoms with Gasteiger partial charge in [0.15, 0.2) is 0 Å². The normalized spacial score (nSPS) is 30.6. The highest BCUT2D eigenvalue weighted by atomic mass is 15.2. The molecule has 2 atom stereocenters. The Morgan fingerprint density at radius 1 is 1.29 bits per heavy atom. The lowest BCUT2D eigenvalue weighted by Gasteiger charge is -2.38. The summed E-state index contributed by atoms with van der Waals surface area (Å²) in [6, 6.07) is 0.748. The zero-order valence-corrected chi connectivity index (χ0v) is 11.3. The molecule has 2 heteroatoms. The first-order chi connectivity index (χ1) is 8.40. The molecule has 1 aliphatic heterocycles. The number of hydrogen-bond acceptors (Lipinski definition) is 2. The lowest BCUT2D eigenvalue weighted by atomic mass is 9.93. The molecule has 0 radical (unpaired) electrons. The van der Waals surface area contributed by atoms with Crippen LogP contribution in [0.4, 0.5) is 0 Å². The van der Waals surface area contributed by atoms with Gasteiger partial charge in [0.05, 0.1) is 0 Å². The Kier molecular flexibility index (Phi) is 5.53. The molecule has 0 amide bonds. The van der Waals surface area contributed by atoms with Crippen molar-refractivity contribution in [2.24, 2.45) is 5.92 Å². The Balaban J connectivity index is 1.75. The summed E-state index contributed by atoms with van der Waals surface area (Å²) in [5, 5.41) is 3.58. The summed E-state index contributed by atoms with van der Waals surface area (Å²) in [6.45, 7) is 7.28. The molecule has 2 aliphatic rings. The van der Waals surface area contributed by atoms with Crippen LogP contribution in [0.1, 0.15) is 45.4 Å². The van der Waals surface area contributed by atoms with Gasteiger partial charge in [0.1, 0.15) is 0 Å². The number of rotatable bonds is 5. The average molecular weight is 236 g/mol. The second kappa shape index (κ2) is 7.17. The van der Waals surface area contributed by atoms with Crippen LogP contribution in [0.15, 0.2) is 12.2 Å². The monoisotopic (exact) mass is 236 g/mol. The topological polar surface area (TPSA) is 15.3 Å². The third kappa shape index (κ3) is 4.11. The van der Waals surface area contributed by atoms with Crippen LogP contribution in [0.25, 0.3) is 0 Å². The molecule has 0 spiro atoms. The molecule has 1 N–H and O–H groups in total. The lowest BCUT2D eigenvalue weighted by Crippen LogP contribution is -2.44. The van der Waals surface area contributed by atoms with Crippen LogP contribution in [0.3, 0.4) is 0 Å². The van der Waals surface area contributed by atoms with Gasteiger partial charge in [-0.3, -0.25) is 4.90 Å². The number of nitrogens with zero attached hydrogens (tertiary/aromatic N) is 1. The first-order valence-corrected chi connectivity index (χ1v) is 7.51. The molecular formula is C15H28N2. The first kappa shape index (κ1) is 13.1. The van der Waals surface area contributed by atoms with Gasteiger partial charge in [-0.1, -0.05) is 19.1 Å². The Morgan fingerprint density at radius 2 is 2.24 bits per heavy atom. The molecule has 2 rings (SSSR count). The number of hydrogen-bond donors (Lipinski definition) is 1. The van der Waals surface area contributed by atoms with E-state index in [2.05, 4.69) is 29.3 Å². The van der Waals surface area contributed by atoms with Gasteiger partial charge in [-0.05, 0) is 64.1 Å². The van der Waals surface area contributed by atoms with E-state index >= 15 is 0 Å². The summed E-state index contributed by atoms with van der Waals surface area (Å²) in [7, 11) is 0. The molecule has 1 saturated heterocycles. The largest absolute Gasteiger partial charge is 0.316 e. The summed E-state index contributed by atoms with van der Waals surface area (Å²) in [5.74, 6) is 0.880. The molecule has 2 unspecified atom stereocenters. The Hall–Kier alpha value is -0.340. The Labute approximate surface area is 106 Å². The van der Waals surface area contributed by atoms with E-state index in [1.807, 2.05) is 0 Å². The van der Waals surface area contributed by atoms with Crippen molar-refractivity contribution in [3.8, 4) is 0 Å². The smallest absolute Gasteiger partial charge is 0.0278 e. The van der Waals surface area contributed by atoms with Gasteiger partial charge < -0.3 is 5.32 Å². The molecule has 1 heterocycles. The Bertz CT molecular complexity index is 237. The maximum absolute atomic E-state index is 3.58. The van der Waals surface area contributed by atoms with Gasteiger partial charge in [0.25, 0.3) is 0 Å². The first-order valence-electron chi connectivity index (χ1n) is 7.51. The fourth-order valence-corrected chi connectivity index (χ4v) is 3.15. The zero-order chi connectivity index (χ0) is 11.9. The van der Waals surface area contributed by atoms with Gasteiger partial charge in [-0.2, -0.15) is 0 Å². The van der Waals surface area contributed by atoms with Crippen molar-refractivity contribution in [1.29, 1.82) is 0 Å². The van der Waals surface area contributed by atoms with E-state index < -0.39 is 0 Å². The summed E-state index contributed by atoms with van der Waals surface area (Å²) in [4.78, 5) is 2.72. The minimum Gasteiger partial charge on any atom is -0.316 e. The van der Waals surface area contributed by atoms with Crippen LogP contribution < -0.4 is 5.32 Å². The van der Waals surface area contributed by atoms with E-state index in [1.165, 1.54) is 64.7 Å². The second-order valence-electron chi connectivity index (χ2n) is 5.63. The maximum Gasteiger partial charge on any atom is 0.0278 e. The van der Waals surface area contributed by atoms with Crippen LogP contribution in [0, 0.1) is 5.92 Å². The van der Waals surface area contributed by atoms with Gasteiger partial charge in [0, 0.05) is 12.6 Å². The highest BCUT2D eigenvalue weighted by molar-refractivity contribution is 4.99. The lowest BCUT2D eigenvalue weighted by molar-refractivity contribution is 0.135. The predicted octanol–water partition coefficient (Wildman–Crippen LogP) is 2.81. The molecule has 17 heavy (non-hydrogen) atoms. The fraction of sp³-hybridized carbons (Fsp3) is 0.867. The molecule has 0 saturated carbocycles. The van der Waals surface area contributed by atoms with Gasteiger partial charge in [-0.25, -0.2) is 0 Å². The summed E-state index contributed by atoms with van der Waals surface area (Å²) < 4.78 is 0. The van der Waals surface area contributed by atoms with Crippen molar-refractivity contribution >= 4 is 0 Å². The quantitative estimate of drug-likeness (QED) is 0.583. The van der Waals surface area contributed by atoms with Crippen molar-refractivity contribution in [3.05, 3.63) is 12.2 Å². The number of nitrogens with one attached hydrogen (secondary N) is 1. The SMILES string of the molecule is CCCNCC1CCCN(C2C=CCCC2)C1. The maximum atomic E-state index is 3.58. The van der Waals surface area contributed by atoms with Crippen LogP contribution >= 0.6 is 0 Å². The third-order valence-corrected chi connectivity index (χ3v) is 4.11. The van der Waals surface area contributed by atoms with Crippen molar-refractivity contribution < 1.29 is 0 Å². The molecule has 1 fully saturated rings. The predicted molar refractivity (Wildman–Crippen MR) is 74.2 cm³/mol. The van der Waals surface area contributed by atoms with E-state index in [0.717, 1.165) is 12.0 Å². The second-order valence-corrected chi connectivity index (χ2v) is 5.63.